The normalized spacial score (nSPS) is 14.7. The zero-order chi connectivity index (χ0) is 16.9. The molecule has 0 saturated carbocycles. The maximum Gasteiger partial charge on any atom is 0.226 e. The summed E-state index contributed by atoms with van der Waals surface area (Å²) in [5.41, 5.74) is 5.61. The van der Waals surface area contributed by atoms with Crippen LogP contribution in [0.4, 0.5) is 0 Å². The lowest BCUT2D eigenvalue weighted by atomic mass is 10.1. The van der Waals surface area contributed by atoms with Crippen molar-refractivity contribution in [3.8, 4) is 5.75 Å². The maximum absolute atomic E-state index is 12.3. The molecule has 0 aromatic heterocycles. The monoisotopic (exact) mass is 343 g/mol. The first kappa shape index (κ1) is 16.5. The molecule has 1 heterocycles. The topological polar surface area (TPSA) is 58.8 Å². The van der Waals surface area contributed by atoms with E-state index in [-0.39, 0.29) is 5.91 Å². The van der Waals surface area contributed by atoms with Crippen molar-refractivity contribution in [1.29, 1.82) is 0 Å². The Balaban J connectivity index is 1.51. The van der Waals surface area contributed by atoms with E-state index in [1.54, 1.807) is 0 Å². The van der Waals surface area contributed by atoms with Crippen molar-refractivity contribution in [3.05, 3.63) is 42.5 Å². The van der Waals surface area contributed by atoms with E-state index in [9.17, 15) is 4.79 Å². The Labute approximate surface area is 147 Å². The average molecular weight is 343 g/mol. The third kappa shape index (κ3) is 3.76. The number of benzene rings is 2. The molecule has 3 rings (SSSR count). The fourth-order valence-electron chi connectivity index (χ4n) is 2.90. The van der Waals surface area contributed by atoms with Crippen LogP contribution in [0.15, 0.2) is 42.5 Å². The minimum atomic E-state index is 0.109. The Hall–Kier alpha value is -2.34. The molecular formula is C18H21N3O2S. The molecule has 0 unspecified atom stereocenters. The number of nitrogens with two attached hydrogens (primary N) is 1. The Morgan fingerprint density at radius 3 is 2.46 bits per heavy atom. The van der Waals surface area contributed by atoms with E-state index in [0.717, 1.165) is 16.5 Å². The van der Waals surface area contributed by atoms with Crippen LogP contribution in [-0.2, 0) is 4.79 Å². The smallest absolute Gasteiger partial charge is 0.226 e. The fraction of sp³-hybridized carbons (Fsp3) is 0.333. The average Bonchev–Trinajstić information content (AvgIpc) is 2.62. The summed E-state index contributed by atoms with van der Waals surface area (Å²) in [6.45, 7) is 3.09. The minimum Gasteiger partial charge on any atom is -0.492 e. The van der Waals surface area contributed by atoms with Gasteiger partial charge in [0.1, 0.15) is 5.75 Å². The van der Waals surface area contributed by atoms with Crippen LogP contribution in [0.1, 0.15) is 6.42 Å². The van der Waals surface area contributed by atoms with Gasteiger partial charge in [-0.15, -0.1) is 0 Å². The van der Waals surface area contributed by atoms with Crippen LogP contribution in [-0.4, -0.2) is 53.6 Å². The van der Waals surface area contributed by atoms with Gasteiger partial charge in [0.05, 0.1) is 13.0 Å². The van der Waals surface area contributed by atoms with Crippen LogP contribution in [0.2, 0.25) is 0 Å². The van der Waals surface area contributed by atoms with Crippen LogP contribution >= 0.6 is 12.2 Å². The van der Waals surface area contributed by atoms with Gasteiger partial charge in [-0.25, -0.2) is 0 Å². The summed E-state index contributed by atoms with van der Waals surface area (Å²) < 4.78 is 5.84. The molecule has 2 aromatic carbocycles. The zero-order valence-electron chi connectivity index (χ0n) is 13.5. The summed E-state index contributed by atoms with van der Waals surface area (Å²) in [6, 6.07) is 14.0. The molecule has 0 radical (unpaired) electrons. The van der Waals surface area contributed by atoms with E-state index in [1.807, 2.05) is 40.1 Å². The van der Waals surface area contributed by atoms with E-state index < -0.39 is 0 Å². The van der Waals surface area contributed by atoms with Gasteiger partial charge in [0, 0.05) is 31.6 Å². The standard InChI is InChI=1S/C18H21N3O2S/c19-18(24)21-11-9-20(10-12-21)17(22)8-13-23-16-7-3-5-14-4-1-2-6-15(14)16/h1-7H,8-13H2,(H2,19,24). The van der Waals surface area contributed by atoms with Crippen molar-refractivity contribution in [2.45, 2.75) is 6.42 Å². The van der Waals surface area contributed by atoms with Crippen LogP contribution in [0.25, 0.3) is 10.8 Å². The first-order chi connectivity index (χ1) is 11.6. The van der Waals surface area contributed by atoms with Gasteiger partial charge in [-0.2, -0.15) is 0 Å². The minimum absolute atomic E-state index is 0.109. The number of ether oxygens (including phenoxy) is 1. The van der Waals surface area contributed by atoms with Crippen molar-refractivity contribution < 1.29 is 9.53 Å². The summed E-state index contributed by atoms with van der Waals surface area (Å²) in [4.78, 5) is 16.1. The summed E-state index contributed by atoms with van der Waals surface area (Å²) in [7, 11) is 0. The van der Waals surface area contributed by atoms with E-state index in [2.05, 4.69) is 12.1 Å². The molecule has 2 aromatic rings. The molecule has 2 N–H and O–H groups in total. The third-order valence-corrected chi connectivity index (χ3v) is 4.53. The number of carbonyl (C=O) groups excluding carboxylic acids is 1. The predicted octanol–water partition coefficient (Wildman–Crippen LogP) is 2.00. The SMILES string of the molecule is NC(=S)N1CCN(C(=O)CCOc2cccc3ccccc23)CC1. The van der Waals surface area contributed by atoms with Crippen LogP contribution < -0.4 is 10.5 Å². The summed E-state index contributed by atoms with van der Waals surface area (Å²) >= 11 is 4.96. The molecule has 5 nitrogen and oxygen atoms in total. The Morgan fingerprint density at radius 2 is 1.71 bits per heavy atom. The third-order valence-electron chi connectivity index (χ3n) is 4.27. The number of rotatable bonds is 4. The molecule has 126 valence electrons. The number of amides is 1. The lowest BCUT2D eigenvalue weighted by molar-refractivity contribution is -0.132. The maximum atomic E-state index is 12.3. The van der Waals surface area contributed by atoms with Gasteiger partial charge in [0.15, 0.2) is 5.11 Å². The number of hydrogen-bond acceptors (Lipinski definition) is 3. The van der Waals surface area contributed by atoms with Crippen molar-refractivity contribution >= 4 is 34.0 Å². The second kappa shape index (κ2) is 7.49. The van der Waals surface area contributed by atoms with Gasteiger partial charge in [-0.1, -0.05) is 36.4 Å². The summed E-state index contributed by atoms with van der Waals surface area (Å²) in [6.07, 6.45) is 0.371. The molecule has 24 heavy (non-hydrogen) atoms. The van der Waals surface area contributed by atoms with Gasteiger partial charge in [-0.05, 0) is 23.7 Å². The highest BCUT2D eigenvalue weighted by atomic mass is 32.1. The molecule has 6 heteroatoms. The molecule has 0 spiro atoms. The van der Waals surface area contributed by atoms with Gasteiger partial charge >= 0.3 is 0 Å². The molecule has 1 amide bonds. The molecule has 0 atom stereocenters. The number of carbonyl (C=O) groups is 1. The van der Waals surface area contributed by atoms with Gasteiger partial charge in [0.2, 0.25) is 5.91 Å². The summed E-state index contributed by atoms with van der Waals surface area (Å²) in [5, 5.41) is 2.61. The lowest BCUT2D eigenvalue weighted by Gasteiger charge is -2.35. The number of fused-ring (bicyclic) bond motifs is 1. The van der Waals surface area contributed by atoms with Crippen molar-refractivity contribution in [1.82, 2.24) is 9.80 Å². The molecular weight excluding hydrogens is 322 g/mol. The van der Waals surface area contributed by atoms with E-state index in [4.69, 9.17) is 22.7 Å². The number of hydrogen-bond donors (Lipinski definition) is 1. The van der Waals surface area contributed by atoms with Crippen LogP contribution in [0.5, 0.6) is 5.75 Å². The van der Waals surface area contributed by atoms with E-state index >= 15 is 0 Å². The van der Waals surface area contributed by atoms with Crippen molar-refractivity contribution in [3.63, 3.8) is 0 Å². The molecule has 1 aliphatic rings. The molecule has 1 aliphatic heterocycles. The molecule has 1 saturated heterocycles. The first-order valence-corrected chi connectivity index (χ1v) is 8.49. The van der Waals surface area contributed by atoms with Gasteiger partial charge in [0.25, 0.3) is 0 Å². The van der Waals surface area contributed by atoms with E-state index in [0.29, 0.717) is 44.3 Å². The van der Waals surface area contributed by atoms with Crippen LogP contribution in [0, 0.1) is 0 Å². The quantitative estimate of drug-likeness (QED) is 0.861. The predicted molar refractivity (Wildman–Crippen MR) is 99.0 cm³/mol. The van der Waals surface area contributed by atoms with Crippen molar-refractivity contribution in [2.75, 3.05) is 32.8 Å². The fourth-order valence-corrected chi connectivity index (χ4v) is 3.09. The van der Waals surface area contributed by atoms with E-state index in [1.165, 1.54) is 0 Å². The zero-order valence-corrected chi connectivity index (χ0v) is 14.3. The first-order valence-electron chi connectivity index (χ1n) is 8.08. The largest absolute Gasteiger partial charge is 0.492 e. The van der Waals surface area contributed by atoms with Gasteiger partial charge in [-0.3, -0.25) is 4.79 Å². The van der Waals surface area contributed by atoms with Crippen LogP contribution in [0.3, 0.4) is 0 Å². The highest BCUT2D eigenvalue weighted by Crippen LogP contribution is 2.25. The Bertz CT molecular complexity index is 737. The Morgan fingerprint density at radius 1 is 1.04 bits per heavy atom. The second-order valence-electron chi connectivity index (χ2n) is 5.78. The van der Waals surface area contributed by atoms with Gasteiger partial charge < -0.3 is 20.3 Å². The molecule has 0 bridgehead atoms. The lowest BCUT2D eigenvalue weighted by Crippen LogP contribution is -2.52. The number of thiocarbonyl (C=S) groups is 1. The van der Waals surface area contributed by atoms with Crippen molar-refractivity contribution in [2.24, 2.45) is 5.73 Å². The second-order valence-corrected chi connectivity index (χ2v) is 6.20. The number of piperazine rings is 1. The number of nitrogens with zero attached hydrogens (tertiary/aromatic N) is 2. The summed E-state index contributed by atoms with van der Waals surface area (Å²) in [5.74, 6) is 0.928. The highest BCUT2D eigenvalue weighted by molar-refractivity contribution is 7.80. The Kier molecular flexibility index (Phi) is 5.15. The highest BCUT2D eigenvalue weighted by Gasteiger charge is 2.21. The molecule has 1 fully saturated rings. The molecule has 0 aliphatic carbocycles.